The van der Waals surface area contributed by atoms with Gasteiger partial charge in [-0.3, -0.25) is 9.48 Å². The first-order valence-electron chi connectivity index (χ1n) is 7.83. The van der Waals surface area contributed by atoms with Crippen molar-refractivity contribution in [3.63, 3.8) is 0 Å². The van der Waals surface area contributed by atoms with Gasteiger partial charge in [0, 0.05) is 18.4 Å². The highest BCUT2D eigenvalue weighted by molar-refractivity contribution is 9.10. The lowest BCUT2D eigenvalue weighted by molar-refractivity contribution is -0.118. The molecule has 0 saturated carbocycles. The summed E-state index contributed by atoms with van der Waals surface area (Å²) in [5.41, 5.74) is 7.91. The van der Waals surface area contributed by atoms with Crippen molar-refractivity contribution in [2.45, 2.75) is 39.3 Å². The monoisotopic (exact) mass is 414 g/mol. The highest BCUT2D eigenvalue weighted by atomic mass is 79.9. The lowest BCUT2D eigenvalue weighted by Crippen LogP contribution is -2.40. The molecule has 1 heterocycles. The van der Waals surface area contributed by atoms with Crippen molar-refractivity contribution in [2.24, 2.45) is 11.7 Å². The number of rotatable bonds is 7. The third-order valence-electron chi connectivity index (χ3n) is 4.01. The lowest BCUT2D eigenvalue weighted by atomic mass is 9.99. The zero-order valence-electron chi connectivity index (χ0n) is 13.9. The molecule has 2 rings (SSSR count). The molecule has 0 aliphatic rings. The first-order chi connectivity index (χ1) is 11.0. The number of benzene rings is 1. The van der Waals surface area contributed by atoms with E-state index in [0.717, 1.165) is 29.5 Å². The van der Waals surface area contributed by atoms with E-state index >= 15 is 0 Å². The fraction of sp³-hybridized carbons (Fsp3) is 0.412. The van der Waals surface area contributed by atoms with Crippen molar-refractivity contribution in [2.75, 3.05) is 5.32 Å². The van der Waals surface area contributed by atoms with Crippen LogP contribution < -0.4 is 11.1 Å². The molecular weight excluding hydrogens is 392 g/mol. The number of halogens is 2. The van der Waals surface area contributed by atoms with Crippen LogP contribution in [0.3, 0.4) is 0 Å². The van der Waals surface area contributed by atoms with Crippen LogP contribution >= 0.6 is 28.3 Å². The summed E-state index contributed by atoms with van der Waals surface area (Å²) in [4.78, 5) is 12.1. The quantitative estimate of drug-likeness (QED) is 0.725. The number of nitrogens with two attached hydrogens (primary N) is 1. The number of nitrogens with zero attached hydrogens (tertiary/aromatic N) is 2. The van der Waals surface area contributed by atoms with Crippen LogP contribution in [0.1, 0.15) is 25.8 Å². The van der Waals surface area contributed by atoms with E-state index < -0.39 is 6.04 Å². The Balaban J connectivity index is 0.00000288. The van der Waals surface area contributed by atoms with Crippen molar-refractivity contribution < 1.29 is 4.79 Å². The molecule has 1 amide bonds. The van der Waals surface area contributed by atoms with Gasteiger partial charge in [-0.15, -0.1) is 12.4 Å². The number of aromatic nitrogens is 2. The van der Waals surface area contributed by atoms with E-state index in [9.17, 15) is 4.79 Å². The predicted octanol–water partition coefficient (Wildman–Crippen LogP) is 3.62. The van der Waals surface area contributed by atoms with E-state index in [1.807, 2.05) is 49.0 Å². The van der Waals surface area contributed by atoms with Gasteiger partial charge in [0.15, 0.2) is 0 Å². The van der Waals surface area contributed by atoms with Gasteiger partial charge in [-0.1, -0.05) is 32.4 Å². The van der Waals surface area contributed by atoms with Gasteiger partial charge in [-0.2, -0.15) is 5.10 Å². The molecule has 0 aliphatic heterocycles. The van der Waals surface area contributed by atoms with Gasteiger partial charge in [0.1, 0.15) is 0 Å². The minimum Gasteiger partial charge on any atom is -0.325 e. The van der Waals surface area contributed by atoms with Crippen LogP contribution in [0.2, 0.25) is 0 Å². The van der Waals surface area contributed by atoms with Crippen LogP contribution in [0.25, 0.3) is 0 Å². The predicted molar refractivity (Wildman–Crippen MR) is 103 cm³/mol. The maximum absolute atomic E-state index is 12.1. The number of aryl methyl sites for hydroxylation is 2. The third-order valence-corrected chi connectivity index (χ3v) is 4.42. The minimum absolute atomic E-state index is 0. The molecule has 0 radical (unpaired) electrons. The number of amides is 1. The second-order valence-electron chi connectivity index (χ2n) is 5.77. The molecule has 1 aromatic heterocycles. The van der Waals surface area contributed by atoms with E-state index in [1.54, 1.807) is 6.20 Å². The van der Waals surface area contributed by atoms with Gasteiger partial charge in [-0.05, 0) is 46.0 Å². The molecule has 1 aromatic carbocycles. The molecule has 5 nitrogen and oxygen atoms in total. The highest BCUT2D eigenvalue weighted by Crippen LogP contribution is 2.13. The zero-order chi connectivity index (χ0) is 16.8. The van der Waals surface area contributed by atoms with Gasteiger partial charge in [0.05, 0.1) is 16.7 Å². The number of carbonyl (C=O) groups is 1. The summed E-state index contributed by atoms with van der Waals surface area (Å²) in [5, 5.41) is 7.10. The molecule has 7 heteroatoms. The number of hydrogen-bond donors (Lipinski definition) is 2. The Morgan fingerprint density at radius 2 is 2.04 bits per heavy atom. The summed E-state index contributed by atoms with van der Waals surface area (Å²) in [6.45, 7) is 4.84. The fourth-order valence-electron chi connectivity index (χ4n) is 2.20. The summed E-state index contributed by atoms with van der Waals surface area (Å²) >= 11 is 3.38. The van der Waals surface area contributed by atoms with Gasteiger partial charge in [0.2, 0.25) is 5.91 Å². The second kappa shape index (κ2) is 9.81. The van der Waals surface area contributed by atoms with Crippen LogP contribution in [0.5, 0.6) is 0 Å². The van der Waals surface area contributed by atoms with E-state index in [1.165, 1.54) is 5.56 Å². The second-order valence-corrected chi connectivity index (χ2v) is 6.68. The summed E-state index contributed by atoms with van der Waals surface area (Å²) in [5.74, 6) is 0.0381. The average molecular weight is 416 g/mol. The molecule has 0 aliphatic carbocycles. The molecule has 2 aromatic rings. The average Bonchev–Trinajstić information content (AvgIpc) is 2.98. The van der Waals surface area contributed by atoms with Crippen molar-refractivity contribution in [1.29, 1.82) is 0 Å². The summed E-state index contributed by atoms with van der Waals surface area (Å²) in [6.07, 6.45) is 5.50. The van der Waals surface area contributed by atoms with Crippen LogP contribution in [0.4, 0.5) is 5.69 Å². The molecule has 2 atom stereocenters. The first-order valence-corrected chi connectivity index (χ1v) is 8.62. The Hall–Kier alpha value is -1.37. The van der Waals surface area contributed by atoms with Gasteiger partial charge in [0.25, 0.3) is 0 Å². The molecule has 132 valence electrons. The first kappa shape index (κ1) is 20.7. The molecule has 0 saturated heterocycles. The largest absolute Gasteiger partial charge is 0.325 e. The van der Waals surface area contributed by atoms with Crippen LogP contribution in [-0.2, 0) is 17.8 Å². The Morgan fingerprint density at radius 1 is 1.38 bits per heavy atom. The van der Waals surface area contributed by atoms with Crippen molar-refractivity contribution >= 4 is 39.9 Å². The topological polar surface area (TPSA) is 72.9 Å². The Morgan fingerprint density at radius 3 is 2.58 bits per heavy atom. The minimum atomic E-state index is -0.474. The van der Waals surface area contributed by atoms with Gasteiger partial charge < -0.3 is 11.1 Å². The summed E-state index contributed by atoms with van der Waals surface area (Å²) < 4.78 is 2.87. The van der Waals surface area contributed by atoms with Crippen LogP contribution in [-0.4, -0.2) is 21.7 Å². The van der Waals surface area contributed by atoms with Crippen molar-refractivity contribution in [3.05, 3.63) is 46.7 Å². The van der Waals surface area contributed by atoms with Crippen LogP contribution in [0, 0.1) is 5.92 Å². The van der Waals surface area contributed by atoms with Gasteiger partial charge in [-0.25, -0.2) is 0 Å². The number of hydrogen-bond acceptors (Lipinski definition) is 3. The fourth-order valence-corrected chi connectivity index (χ4v) is 2.52. The maximum atomic E-state index is 12.1. The molecule has 0 spiro atoms. The summed E-state index contributed by atoms with van der Waals surface area (Å²) in [7, 11) is 0. The van der Waals surface area contributed by atoms with E-state index in [2.05, 4.69) is 26.3 Å². The molecular formula is C17H24BrClN4O. The summed E-state index contributed by atoms with van der Waals surface area (Å²) in [6, 6.07) is 7.38. The standard InChI is InChI=1S/C17H23BrN4O.ClH/c1-3-12(2)16(19)17(23)21-15-6-4-13(5-7-15)8-9-22-11-14(18)10-20-22;/h4-7,10-12,16H,3,8-9,19H2,1-2H3,(H,21,23);1H. The molecule has 24 heavy (non-hydrogen) atoms. The molecule has 0 fully saturated rings. The third kappa shape index (κ3) is 5.92. The Labute approximate surface area is 157 Å². The maximum Gasteiger partial charge on any atom is 0.241 e. The van der Waals surface area contributed by atoms with Crippen molar-refractivity contribution in [3.8, 4) is 0 Å². The number of anilines is 1. The molecule has 0 bridgehead atoms. The Kier molecular flexibility index (Phi) is 8.45. The number of nitrogens with one attached hydrogen (secondary N) is 1. The van der Waals surface area contributed by atoms with Crippen molar-refractivity contribution in [1.82, 2.24) is 9.78 Å². The van der Waals surface area contributed by atoms with Crippen LogP contribution in [0.15, 0.2) is 41.1 Å². The zero-order valence-corrected chi connectivity index (χ0v) is 16.3. The van der Waals surface area contributed by atoms with E-state index in [-0.39, 0.29) is 24.2 Å². The SMILES string of the molecule is CCC(C)C(N)C(=O)Nc1ccc(CCn2cc(Br)cn2)cc1.Cl. The smallest absolute Gasteiger partial charge is 0.241 e. The molecule has 3 N–H and O–H groups in total. The lowest BCUT2D eigenvalue weighted by Gasteiger charge is -2.17. The number of carbonyl (C=O) groups excluding carboxylic acids is 1. The van der Waals surface area contributed by atoms with E-state index in [0.29, 0.717) is 0 Å². The molecule has 2 unspecified atom stereocenters. The van der Waals surface area contributed by atoms with Gasteiger partial charge >= 0.3 is 0 Å². The Bertz CT molecular complexity index is 644. The normalized spacial score (nSPS) is 13.0. The van der Waals surface area contributed by atoms with E-state index in [4.69, 9.17) is 5.73 Å². The highest BCUT2D eigenvalue weighted by Gasteiger charge is 2.19.